The Hall–Kier alpha value is -2.96. The third-order valence-corrected chi connectivity index (χ3v) is 5.01. The van der Waals surface area contributed by atoms with Crippen molar-refractivity contribution in [3.63, 3.8) is 0 Å². The van der Waals surface area contributed by atoms with E-state index in [-0.39, 0.29) is 23.8 Å². The fraction of sp³-hybridized carbons (Fsp3) is 0.381. The van der Waals surface area contributed by atoms with Crippen LogP contribution >= 0.6 is 0 Å². The first-order chi connectivity index (χ1) is 13.6. The number of hydrogen-bond donors (Lipinski definition) is 3. The van der Waals surface area contributed by atoms with Crippen LogP contribution in [-0.4, -0.2) is 36.1 Å². The van der Waals surface area contributed by atoms with E-state index in [1.54, 1.807) is 30.5 Å². The first kappa shape index (κ1) is 19.8. The Morgan fingerprint density at radius 3 is 2.61 bits per heavy atom. The molecule has 3 rings (SSSR count). The van der Waals surface area contributed by atoms with Gasteiger partial charge in [-0.25, -0.2) is 9.18 Å². The first-order valence-corrected chi connectivity index (χ1v) is 9.59. The number of carbonyl (C=O) groups excluding carboxylic acids is 2. The van der Waals surface area contributed by atoms with Gasteiger partial charge < -0.3 is 16.0 Å². The van der Waals surface area contributed by atoms with Gasteiger partial charge in [-0.05, 0) is 55.0 Å². The monoisotopic (exact) mass is 384 g/mol. The molecule has 1 aliphatic rings. The number of aromatic nitrogens is 1. The van der Waals surface area contributed by atoms with Crippen molar-refractivity contribution in [2.24, 2.45) is 5.92 Å². The lowest BCUT2D eigenvalue weighted by Gasteiger charge is -2.21. The lowest BCUT2D eigenvalue weighted by molar-refractivity contribution is 0.0953. The summed E-state index contributed by atoms with van der Waals surface area (Å²) in [5.41, 5.74) is 1.57. The van der Waals surface area contributed by atoms with Crippen molar-refractivity contribution < 1.29 is 14.0 Å². The molecular weight excluding hydrogens is 359 g/mol. The summed E-state index contributed by atoms with van der Waals surface area (Å²) in [5, 5.41) is 8.55. The van der Waals surface area contributed by atoms with Crippen molar-refractivity contribution in [2.75, 3.05) is 13.1 Å². The third kappa shape index (κ3) is 5.77. The second kappa shape index (κ2) is 9.82. The smallest absolute Gasteiger partial charge is 0.315 e. The van der Waals surface area contributed by atoms with Crippen LogP contribution in [0.15, 0.2) is 48.8 Å². The molecule has 2 aromatic rings. The number of nitrogens with one attached hydrogen (secondary N) is 3. The molecule has 1 aromatic heterocycles. The zero-order chi connectivity index (χ0) is 19.8. The van der Waals surface area contributed by atoms with Gasteiger partial charge in [-0.2, -0.15) is 0 Å². The molecule has 1 fully saturated rings. The highest BCUT2D eigenvalue weighted by Gasteiger charge is 2.28. The van der Waals surface area contributed by atoms with Gasteiger partial charge in [0.1, 0.15) is 5.82 Å². The summed E-state index contributed by atoms with van der Waals surface area (Å²) in [5.74, 6) is -0.105. The van der Waals surface area contributed by atoms with Crippen LogP contribution in [0.3, 0.4) is 0 Å². The highest BCUT2D eigenvalue weighted by atomic mass is 19.1. The Labute approximate surface area is 163 Å². The van der Waals surface area contributed by atoms with Gasteiger partial charge in [0.25, 0.3) is 5.91 Å². The van der Waals surface area contributed by atoms with E-state index in [1.807, 2.05) is 0 Å². The SMILES string of the molecule is O=C(NCCNC(=O)c1cccnc1)N[C@H]1CCC[C@H]1Cc1ccc(F)cc1. The van der Waals surface area contributed by atoms with E-state index in [0.29, 0.717) is 24.6 Å². The lowest BCUT2D eigenvalue weighted by atomic mass is 9.94. The summed E-state index contributed by atoms with van der Waals surface area (Å²) in [6.45, 7) is 0.679. The number of carbonyl (C=O) groups is 2. The molecule has 7 heteroatoms. The van der Waals surface area contributed by atoms with Crippen molar-refractivity contribution in [3.05, 3.63) is 65.7 Å². The average molecular weight is 384 g/mol. The second-order valence-corrected chi connectivity index (χ2v) is 7.03. The van der Waals surface area contributed by atoms with Gasteiger partial charge in [-0.1, -0.05) is 18.6 Å². The summed E-state index contributed by atoms with van der Waals surface area (Å²) < 4.78 is 13.0. The van der Waals surface area contributed by atoms with Crippen LogP contribution in [0.5, 0.6) is 0 Å². The quantitative estimate of drug-likeness (QED) is 0.642. The maximum atomic E-state index is 13.0. The number of rotatable bonds is 7. The molecule has 1 saturated carbocycles. The molecule has 28 heavy (non-hydrogen) atoms. The summed E-state index contributed by atoms with van der Waals surface area (Å²) in [4.78, 5) is 28.0. The van der Waals surface area contributed by atoms with E-state index in [1.165, 1.54) is 18.3 Å². The largest absolute Gasteiger partial charge is 0.350 e. The number of halogens is 1. The molecule has 0 unspecified atom stereocenters. The summed E-state index contributed by atoms with van der Waals surface area (Å²) in [6.07, 6.45) is 6.98. The standard InChI is InChI=1S/C21H25FN4O2/c22-18-8-6-15(7-9-18)13-16-3-1-5-19(16)26-21(28)25-12-11-24-20(27)17-4-2-10-23-14-17/h2,4,6-10,14,16,19H,1,3,5,11-13H2,(H,24,27)(H2,25,26,28)/t16-,19-/m0/s1. The van der Waals surface area contributed by atoms with Gasteiger partial charge in [-0.15, -0.1) is 0 Å². The molecule has 1 aromatic carbocycles. The summed E-state index contributed by atoms with van der Waals surface area (Å²) in [6, 6.07) is 9.81. The van der Waals surface area contributed by atoms with Crippen LogP contribution in [0.4, 0.5) is 9.18 Å². The zero-order valence-corrected chi connectivity index (χ0v) is 15.7. The Morgan fingerprint density at radius 1 is 1.07 bits per heavy atom. The lowest BCUT2D eigenvalue weighted by Crippen LogP contribution is -2.46. The molecule has 1 heterocycles. The van der Waals surface area contributed by atoms with Crippen molar-refractivity contribution >= 4 is 11.9 Å². The minimum atomic E-state index is -0.236. The van der Waals surface area contributed by atoms with Crippen LogP contribution < -0.4 is 16.0 Å². The Morgan fingerprint density at radius 2 is 1.86 bits per heavy atom. The highest BCUT2D eigenvalue weighted by molar-refractivity contribution is 5.93. The molecule has 0 radical (unpaired) electrons. The van der Waals surface area contributed by atoms with Crippen LogP contribution in [0, 0.1) is 11.7 Å². The molecule has 1 aliphatic carbocycles. The van der Waals surface area contributed by atoms with Crippen LogP contribution in [0.25, 0.3) is 0 Å². The van der Waals surface area contributed by atoms with Crippen LogP contribution in [-0.2, 0) is 6.42 Å². The summed E-state index contributed by atoms with van der Waals surface area (Å²) >= 11 is 0. The molecule has 6 nitrogen and oxygen atoms in total. The van der Waals surface area contributed by atoms with E-state index < -0.39 is 0 Å². The van der Waals surface area contributed by atoms with Crippen LogP contribution in [0.1, 0.15) is 35.2 Å². The fourth-order valence-electron chi connectivity index (χ4n) is 3.57. The minimum Gasteiger partial charge on any atom is -0.350 e. The average Bonchev–Trinajstić information content (AvgIpc) is 3.14. The predicted octanol–water partition coefficient (Wildman–Crippen LogP) is 2.66. The second-order valence-electron chi connectivity index (χ2n) is 7.03. The Kier molecular flexibility index (Phi) is 6.94. The van der Waals surface area contributed by atoms with E-state index >= 15 is 0 Å². The number of pyridine rings is 1. The number of amides is 3. The Bertz CT molecular complexity index is 783. The molecule has 0 aliphatic heterocycles. The molecule has 3 amide bonds. The minimum absolute atomic E-state index is 0.107. The van der Waals surface area contributed by atoms with E-state index in [0.717, 1.165) is 31.2 Å². The van der Waals surface area contributed by atoms with Crippen molar-refractivity contribution in [3.8, 4) is 0 Å². The van der Waals surface area contributed by atoms with Gasteiger partial charge >= 0.3 is 6.03 Å². The third-order valence-electron chi connectivity index (χ3n) is 5.01. The molecule has 3 N–H and O–H groups in total. The zero-order valence-electron chi connectivity index (χ0n) is 15.7. The molecule has 148 valence electrons. The van der Waals surface area contributed by atoms with Gasteiger partial charge in [0, 0.05) is 31.5 Å². The van der Waals surface area contributed by atoms with Crippen molar-refractivity contribution in [1.29, 1.82) is 0 Å². The highest BCUT2D eigenvalue weighted by Crippen LogP contribution is 2.28. The molecule has 0 spiro atoms. The molecule has 2 atom stereocenters. The molecular formula is C21H25FN4O2. The number of nitrogens with zero attached hydrogens (tertiary/aromatic N) is 1. The molecule has 0 saturated heterocycles. The van der Waals surface area contributed by atoms with Gasteiger partial charge in [0.05, 0.1) is 5.56 Å². The normalized spacial score (nSPS) is 18.5. The van der Waals surface area contributed by atoms with Crippen molar-refractivity contribution in [2.45, 2.75) is 31.7 Å². The van der Waals surface area contributed by atoms with Crippen LogP contribution in [0.2, 0.25) is 0 Å². The number of hydrogen-bond acceptors (Lipinski definition) is 3. The van der Waals surface area contributed by atoms with E-state index in [9.17, 15) is 14.0 Å². The molecule has 0 bridgehead atoms. The van der Waals surface area contributed by atoms with E-state index in [4.69, 9.17) is 0 Å². The summed E-state index contributed by atoms with van der Waals surface area (Å²) in [7, 11) is 0. The Balaban J connectivity index is 1.37. The number of urea groups is 1. The maximum absolute atomic E-state index is 13.0. The van der Waals surface area contributed by atoms with Gasteiger partial charge in [0.2, 0.25) is 0 Å². The fourth-order valence-corrected chi connectivity index (χ4v) is 3.57. The number of benzene rings is 1. The van der Waals surface area contributed by atoms with E-state index in [2.05, 4.69) is 20.9 Å². The topological polar surface area (TPSA) is 83.1 Å². The van der Waals surface area contributed by atoms with Gasteiger partial charge in [-0.3, -0.25) is 9.78 Å². The maximum Gasteiger partial charge on any atom is 0.315 e. The van der Waals surface area contributed by atoms with Crippen molar-refractivity contribution in [1.82, 2.24) is 20.9 Å². The predicted molar refractivity (Wildman–Crippen MR) is 104 cm³/mol. The van der Waals surface area contributed by atoms with Gasteiger partial charge in [0.15, 0.2) is 0 Å². The first-order valence-electron chi connectivity index (χ1n) is 9.59.